The predicted molar refractivity (Wildman–Crippen MR) is 74.6 cm³/mol. The van der Waals surface area contributed by atoms with Crippen LogP contribution in [0.1, 0.15) is 0 Å². The fraction of sp³-hybridized carbons (Fsp3) is 0.188. The summed E-state index contributed by atoms with van der Waals surface area (Å²) < 4.78 is 40.2. The van der Waals surface area contributed by atoms with E-state index in [0.29, 0.717) is 11.0 Å². The van der Waals surface area contributed by atoms with Gasteiger partial charge in [0.1, 0.15) is 0 Å². The molecule has 0 fully saturated rings. The largest absolute Gasteiger partial charge is 0.406 e. The van der Waals surface area contributed by atoms with Crippen LogP contribution in [0.2, 0.25) is 0 Å². The van der Waals surface area contributed by atoms with Crippen molar-refractivity contribution in [2.45, 2.75) is 12.7 Å². The van der Waals surface area contributed by atoms with Crippen molar-refractivity contribution in [3.05, 3.63) is 48.5 Å². The van der Waals surface area contributed by atoms with Crippen molar-refractivity contribution in [1.82, 2.24) is 4.57 Å². The van der Waals surface area contributed by atoms with Crippen LogP contribution in [0, 0.1) is 17.2 Å². The Hall–Kier alpha value is -2.48. The normalized spacial score (nSPS) is 13.4. The van der Waals surface area contributed by atoms with Gasteiger partial charge in [0.05, 0.1) is 6.07 Å². The predicted octanol–water partition coefficient (Wildman–Crippen LogP) is 4.50. The second kappa shape index (κ2) is 4.81. The number of nitrogens with zero attached hydrogens (tertiary/aromatic N) is 2. The van der Waals surface area contributed by atoms with Crippen LogP contribution in [0.5, 0.6) is 0 Å². The Morgan fingerprint density at radius 1 is 0.952 bits per heavy atom. The van der Waals surface area contributed by atoms with E-state index in [-0.39, 0.29) is 0 Å². The Morgan fingerprint density at radius 2 is 1.43 bits per heavy atom. The van der Waals surface area contributed by atoms with Crippen molar-refractivity contribution in [1.29, 1.82) is 5.26 Å². The monoisotopic (exact) mass is 288 g/mol. The van der Waals surface area contributed by atoms with Crippen LogP contribution in [0.3, 0.4) is 0 Å². The summed E-state index contributed by atoms with van der Waals surface area (Å²) in [5.41, 5.74) is 1.42. The van der Waals surface area contributed by atoms with Gasteiger partial charge in [0, 0.05) is 28.4 Å². The topological polar surface area (TPSA) is 28.7 Å². The Bertz CT molecular complexity index is 787. The van der Waals surface area contributed by atoms with Crippen LogP contribution < -0.4 is 0 Å². The molecular formula is C16H11F3N2. The number of alkyl halides is 3. The van der Waals surface area contributed by atoms with Crippen LogP contribution in [-0.2, 0) is 6.54 Å². The van der Waals surface area contributed by atoms with Gasteiger partial charge in [0.15, 0.2) is 5.92 Å². The third-order valence-corrected chi connectivity index (χ3v) is 3.60. The lowest BCUT2D eigenvalue weighted by Crippen LogP contribution is -2.25. The smallest absolute Gasteiger partial charge is 0.339 e. The molecule has 0 radical (unpaired) electrons. The van der Waals surface area contributed by atoms with Gasteiger partial charge in [-0.1, -0.05) is 36.4 Å². The zero-order chi connectivity index (χ0) is 15.0. The fourth-order valence-corrected chi connectivity index (χ4v) is 2.60. The molecule has 3 aromatic rings. The maximum Gasteiger partial charge on any atom is 0.406 e. The van der Waals surface area contributed by atoms with Crippen LogP contribution in [0.25, 0.3) is 21.8 Å². The minimum Gasteiger partial charge on any atom is -0.339 e. The third kappa shape index (κ3) is 2.23. The Balaban J connectivity index is 2.23. The van der Waals surface area contributed by atoms with E-state index in [1.165, 1.54) is 6.07 Å². The molecule has 21 heavy (non-hydrogen) atoms. The van der Waals surface area contributed by atoms with Crippen molar-refractivity contribution in [2.24, 2.45) is 5.92 Å². The van der Waals surface area contributed by atoms with Crippen LogP contribution >= 0.6 is 0 Å². The summed E-state index contributed by atoms with van der Waals surface area (Å²) >= 11 is 0. The molecule has 1 heterocycles. The number of halogens is 3. The van der Waals surface area contributed by atoms with Crippen LogP contribution in [0.15, 0.2) is 48.5 Å². The van der Waals surface area contributed by atoms with Crippen molar-refractivity contribution in [3.63, 3.8) is 0 Å². The molecule has 3 rings (SSSR count). The van der Waals surface area contributed by atoms with Crippen molar-refractivity contribution in [2.75, 3.05) is 0 Å². The average Bonchev–Trinajstić information content (AvgIpc) is 2.78. The highest BCUT2D eigenvalue weighted by Gasteiger charge is 2.40. The molecular weight excluding hydrogens is 277 g/mol. The maximum atomic E-state index is 12.9. The number of hydrogen-bond acceptors (Lipinski definition) is 1. The lowest BCUT2D eigenvalue weighted by molar-refractivity contribution is -0.161. The van der Waals surface area contributed by atoms with Gasteiger partial charge in [-0.15, -0.1) is 0 Å². The maximum absolute atomic E-state index is 12.9. The lowest BCUT2D eigenvalue weighted by atomic mass is 10.1. The van der Waals surface area contributed by atoms with E-state index < -0.39 is 18.6 Å². The molecule has 1 unspecified atom stereocenters. The number of nitriles is 1. The number of rotatable bonds is 2. The number of hydrogen-bond donors (Lipinski definition) is 0. The zero-order valence-corrected chi connectivity index (χ0v) is 10.9. The van der Waals surface area contributed by atoms with Crippen LogP contribution in [-0.4, -0.2) is 10.7 Å². The summed E-state index contributed by atoms with van der Waals surface area (Å²) in [6.07, 6.45) is -4.53. The first-order chi connectivity index (χ1) is 10.0. The highest BCUT2D eigenvalue weighted by atomic mass is 19.4. The van der Waals surface area contributed by atoms with Gasteiger partial charge in [0.2, 0.25) is 0 Å². The molecule has 0 amide bonds. The molecule has 5 heteroatoms. The number of benzene rings is 2. The Labute approximate surface area is 119 Å². The molecule has 0 aliphatic rings. The van der Waals surface area contributed by atoms with Gasteiger partial charge in [-0.05, 0) is 12.1 Å². The lowest BCUT2D eigenvalue weighted by Gasteiger charge is -2.15. The standard InChI is InChI=1S/C16H11F3N2/c17-16(18,19)11(9-20)10-21-14-7-3-1-5-12(14)13-6-2-4-8-15(13)21/h1-8,11H,10H2. The third-order valence-electron chi connectivity index (χ3n) is 3.60. The second-order valence-electron chi connectivity index (χ2n) is 4.87. The first kappa shape index (κ1) is 13.5. The van der Waals surface area contributed by atoms with Gasteiger partial charge >= 0.3 is 6.18 Å². The van der Waals surface area contributed by atoms with E-state index in [4.69, 9.17) is 5.26 Å². The molecule has 0 saturated heterocycles. The van der Waals surface area contributed by atoms with Gasteiger partial charge in [-0.3, -0.25) is 0 Å². The summed E-state index contributed by atoms with van der Waals surface area (Å²) in [6, 6.07) is 15.9. The molecule has 0 spiro atoms. The number of para-hydroxylation sites is 2. The highest BCUT2D eigenvalue weighted by molar-refractivity contribution is 6.07. The van der Waals surface area contributed by atoms with Crippen molar-refractivity contribution < 1.29 is 13.2 Å². The SMILES string of the molecule is N#CC(Cn1c2ccccc2c2ccccc21)C(F)(F)F. The van der Waals surface area contributed by atoms with E-state index in [0.717, 1.165) is 10.8 Å². The molecule has 106 valence electrons. The molecule has 1 atom stereocenters. The van der Waals surface area contributed by atoms with Crippen LogP contribution in [0.4, 0.5) is 13.2 Å². The quantitative estimate of drug-likeness (QED) is 0.682. The van der Waals surface area contributed by atoms with E-state index in [1.54, 1.807) is 28.8 Å². The average molecular weight is 288 g/mol. The van der Waals surface area contributed by atoms with Crippen molar-refractivity contribution >= 4 is 21.8 Å². The zero-order valence-electron chi connectivity index (χ0n) is 10.9. The Morgan fingerprint density at radius 3 is 1.86 bits per heavy atom. The minimum absolute atomic E-state index is 0.395. The van der Waals surface area contributed by atoms with Gasteiger partial charge in [-0.25, -0.2) is 0 Å². The molecule has 0 N–H and O–H groups in total. The van der Waals surface area contributed by atoms with Crippen molar-refractivity contribution in [3.8, 4) is 6.07 Å². The fourth-order valence-electron chi connectivity index (χ4n) is 2.60. The molecule has 0 aliphatic carbocycles. The summed E-state index contributed by atoms with van der Waals surface area (Å²) in [5.74, 6) is -2.02. The molecule has 0 aliphatic heterocycles. The van der Waals surface area contributed by atoms with Gasteiger partial charge in [0.25, 0.3) is 0 Å². The summed E-state index contributed by atoms with van der Waals surface area (Å²) in [6.45, 7) is -0.395. The molecule has 0 saturated carbocycles. The second-order valence-corrected chi connectivity index (χ2v) is 4.87. The van der Waals surface area contributed by atoms with E-state index in [9.17, 15) is 13.2 Å². The number of aromatic nitrogens is 1. The first-order valence-corrected chi connectivity index (χ1v) is 6.44. The Kier molecular flexibility index (Phi) is 3.09. The molecule has 1 aromatic heterocycles. The minimum atomic E-state index is -4.53. The molecule has 2 aromatic carbocycles. The summed E-state index contributed by atoms with van der Waals surface area (Å²) in [7, 11) is 0. The van der Waals surface area contributed by atoms with Gasteiger partial charge < -0.3 is 4.57 Å². The highest BCUT2D eigenvalue weighted by Crippen LogP contribution is 2.33. The van der Waals surface area contributed by atoms with E-state index in [1.807, 2.05) is 24.3 Å². The number of fused-ring (bicyclic) bond motifs is 3. The molecule has 2 nitrogen and oxygen atoms in total. The first-order valence-electron chi connectivity index (χ1n) is 6.44. The summed E-state index contributed by atoms with van der Waals surface area (Å²) in [4.78, 5) is 0. The summed E-state index contributed by atoms with van der Waals surface area (Å²) in [5, 5.41) is 10.6. The van der Waals surface area contributed by atoms with E-state index >= 15 is 0 Å². The van der Waals surface area contributed by atoms with E-state index in [2.05, 4.69) is 0 Å². The molecule has 0 bridgehead atoms. The van der Waals surface area contributed by atoms with Gasteiger partial charge in [-0.2, -0.15) is 18.4 Å².